The van der Waals surface area contributed by atoms with Gasteiger partial charge in [0, 0.05) is 0 Å². The third-order valence-electron chi connectivity index (χ3n) is 1.51. The van der Waals surface area contributed by atoms with E-state index in [9.17, 15) is 4.79 Å². The molecule has 0 aliphatic carbocycles. The predicted octanol–water partition coefficient (Wildman–Crippen LogP) is 1.10. The van der Waals surface area contributed by atoms with Crippen molar-refractivity contribution in [2.24, 2.45) is 4.99 Å². The highest BCUT2D eigenvalue weighted by Gasteiger charge is 1.87. The van der Waals surface area contributed by atoms with Crippen LogP contribution in [0.1, 0.15) is 25.7 Å². The van der Waals surface area contributed by atoms with Gasteiger partial charge in [-0.2, -0.15) is 0 Å². The van der Waals surface area contributed by atoms with Gasteiger partial charge >= 0.3 is 0 Å². The summed E-state index contributed by atoms with van der Waals surface area (Å²) >= 11 is 0. The lowest BCUT2D eigenvalue weighted by Crippen LogP contribution is -2.06. The summed E-state index contributed by atoms with van der Waals surface area (Å²) in [7, 11) is 1.96. The highest BCUT2D eigenvalue weighted by atomic mass is 16.1. The Morgan fingerprint density at radius 2 is 2.00 bits per heavy atom. The Morgan fingerprint density at radius 1 is 1.27 bits per heavy atom. The fourth-order valence-electron chi connectivity index (χ4n) is 0.892. The number of aliphatic imine (C=N–C) groups is 1. The van der Waals surface area contributed by atoms with Gasteiger partial charge in [0.2, 0.25) is 6.08 Å². The standard InChI is InChI=1S/C8H16N2O/c1-9-6-4-2-3-5-7-10-8-11/h9H,2-7H2,1H3. The maximum Gasteiger partial charge on any atom is 0.234 e. The van der Waals surface area contributed by atoms with Crippen molar-refractivity contribution in [2.75, 3.05) is 20.1 Å². The Morgan fingerprint density at radius 3 is 2.64 bits per heavy atom. The van der Waals surface area contributed by atoms with Gasteiger partial charge in [-0.15, -0.1) is 0 Å². The first kappa shape index (κ1) is 10.3. The van der Waals surface area contributed by atoms with E-state index in [-0.39, 0.29) is 0 Å². The van der Waals surface area contributed by atoms with Crippen LogP contribution in [0.2, 0.25) is 0 Å². The van der Waals surface area contributed by atoms with Gasteiger partial charge in [0.25, 0.3) is 0 Å². The molecule has 0 saturated heterocycles. The Bertz CT molecular complexity index is 119. The predicted molar refractivity (Wildman–Crippen MR) is 45.4 cm³/mol. The van der Waals surface area contributed by atoms with Crippen molar-refractivity contribution < 1.29 is 4.79 Å². The second-order valence-electron chi connectivity index (χ2n) is 2.49. The maximum atomic E-state index is 9.64. The molecule has 0 aliphatic rings. The Hall–Kier alpha value is -0.660. The summed E-state index contributed by atoms with van der Waals surface area (Å²) in [6, 6.07) is 0. The van der Waals surface area contributed by atoms with Crippen LogP contribution in [-0.4, -0.2) is 26.2 Å². The van der Waals surface area contributed by atoms with E-state index in [0.29, 0.717) is 6.54 Å². The van der Waals surface area contributed by atoms with E-state index in [2.05, 4.69) is 10.3 Å². The molecule has 0 amide bonds. The number of nitrogens with zero attached hydrogens (tertiary/aromatic N) is 1. The van der Waals surface area contributed by atoms with Gasteiger partial charge in [-0.25, -0.2) is 9.79 Å². The van der Waals surface area contributed by atoms with Crippen LogP contribution in [0.4, 0.5) is 0 Å². The second-order valence-corrected chi connectivity index (χ2v) is 2.49. The zero-order valence-corrected chi connectivity index (χ0v) is 7.10. The van der Waals surface area contributed by atoms with Crippen molar-refractivity contribution in [3.63, 3.8) is 0 Å². The average molecular weight is 156 g/mol. The van der Waals surface area contributed by atoms with E-state index in [1.807, 2.05) is 7.05 Å². The third-order valence-corrected chi connectivity index (χ3v) is 1.51. The van der Waals surface area contributed by atoms with Crippen molar-refractivity contribution in [1.29, 1.82) is 0 Å². The monoisotopic (exact) mass is 156 g/mol. The number of unbranched alkanes of at least 4 members (excludes halogenated alkanes) is 3. The molecule has 3 heteroatoms. The summed E-state index contributed by atoms with van der Waals surface area (Å²) < 4.78 is 0. The number of nitrogens with one attached hydrogen (secondary N) is 1. The number of rotatable bonds is 7. The highest BCUT2D eigenvalue weighted by molar-refractivity contribution is 5.32. The molecule has 0 radical (unpaired) electrons. The Labute approximate surface area is 67.9 Å². The molecule has 0 aliphatic heterocycles. The van der Waals surface area contributed by atoms with E-state index in [1.165, 1.54) is 18.9 Å². The van der Waals surface area contributed by atoms with Gasteiger partial charge in [0.1, 0.15) is 0 Å². The van der Waals surface area contributed by atoms with Gasteiger partial charge < -0.3 is 5.32 Å². The number of isocyanates is 1. The van der Waals surface area contributed by atoms with Crippen LogP contribution in [0.15, 0.2) is 4.99 Å². The lowest BCUT2D eigenvalue weighted by Gasteiger charge is -1.97. The minimum Gasteiger partial charge on any atom is -0.320 e. The minimum atomic E-state index is 0.642. The van der Waals surface area contributed by atoms with Crippen LogP contribution in [0.25, 0.3) is 0 Å². The molecule has 0 rings (SSSR count). The van der Waals surface area contributed by atoms with Gasteiger partial charge in [0.15, 0.2) is 0 Å². The fourth-order valence-corrected chi connectivity index (χ4v) is 0.892. The van der Waals surface area contributed by atoms with Gasteiger partial charge in [-0.05, 0) is 26.4 Å². The molecule has 0 bridgehead atoms. The summed E-state index contributed by atoms with van der Waals surface area (Å²) in [6.07, 6.45) is 6.13. The van der Waals surface area contributed by atoms with Gasteiger partial charge in [-0.1, -0.05) is 12.8 Å². The van der Waals surface area contributed by atoms with Gasteiger partial charge in [0.05, 0.1) is 6.54 Å². The SMILES string of the molecule is CNCCCCCCN=C=O. The lowest BCUT2D eigenvalue weighted by molar-refractivity contribution is 0.560. The molecule has 0 unspecified atom stereocenters. The molecule has 0 aromatic carbocycles. The molecule has 11 heavy (non-hydrogen) atoms. The fraction of sp³-hybridized carbons (Fsp3) is 0.875. The average Bonchev–Trinajstić information content (AvgIpc) is 2.03. The van der Waals surface area contributed by atoms with Crippen molar-refractivity contribution in [3.8, 4) is 0 Å². The summed E-state index contributed by atoms with van der Waals surface area (Å²) in [5, 5.41) is 3.08. The molecule has 0 saturated carbocycles. The third kappa shape index (κ3) is 9.34. The number of hydrogen-bond acceptors (Lipinski definition) is 3. The molecular formula is C8H16N2O. The van der Waals surface area contributed by atoms with Crippen LogP contribution in [0.5, 0.6) is 0 Å². The minimum absolute atomic E-state index is 0.642. The quantitative estimate of drug-likeness (QED) is 0.341. The Balaban J connectivity index is 2.84. The van der Waals surface area contributed by atoms with E-state index in [4.69, 9.17) is 0 Å². The normalized spacial score (nSPS) is 9.18. The molecule has 0 atom stereocenters. The van der Waals surface area contributed by atoms with Crippen LogP contribution in [-0.2, 0) is 4.79 Å². The summed E-state index contributed by atoms with van der Waals surface area (Å²) in [5.74, 6) is 0. The van der Waals surface area contributed by atoms with Crippen molar-refractivity contribution in [2.45, 2.75) is 25.7 Å². The highest BCUT2D eigenvalue weighted by Crippen LogP contribution is 1.98. The topological polar surface area (TPSA) is 41.5 Å². The number of carbonyl (C=O) groups excluding carboxylic acids is 1. The molecule has 1 N–H and O–H groups in total. The van der Waals surface area contributed by atoms with Crippen molar-refractivity contribution in [1.82, 2.24) is 5.32 Å². The molecule has 0 fully saturated rings. The lowest BCUT2D eigenvalue weighted by atomic mass is 10.2. The van der Waals surface area contributed by atoms with Crippen LogP contribution < -0.4 is 5.32 Å². The summed E-state index contributed by atoms with van der Waals surface area (Å²) in [6.45, 7) is 1.72. The second kappa shape index (κ2) is 9.34. The molecule has 0 aromatic heterocycles. The van der Waals surface area contributed by atoms with E-state index >= 15 is 0 Å². The van der Waals surface area contributed by atoms with E-state index in [0.717, 1.165) is 19.4 Å². The molecular weight excluding hydrogens is 140 g/mol. The molecule has 3 nitrogen and oxygen atoms in total. The van der Waals surface area contributed by atoms with Crippen LogP contribution in [0.3, 0.4) is 0 Å². The molecule has 0 aromatic rings. The maximum absolute atomic E-state index is 9.64. The van der Waals surface area contributed by atoms with E-state index in [1.54, 1.807) is 0 Å². The van der Waals surface area contributed by atoms with Gasteiger partial charge in [-0.3, -0.25) is 0 Å². The largest absolute Gasteiger partial charge is 0.320 e. The molecule has 0 spiro atoms. The zero-order chi connectivity index (χ0) is 8.36. The summed E-state index contributed by atoms with van der Waals surface area (Å²) in [4.78, 5) is 13.1. The first-order chi connectivity index (χ1) is 5.41. The van der Waals surface area contributed by atoms with Crippen molar-refractivity contribution >= 4 is 6.08 Å². The summed E-state index contributed by atoms with van der Waals surface area (Å²) in [5.41, 5.74) is 0. The Kier molecular flexibility index (Phi) is 8.78. The number of hydrogen-bond donors (Lipinski definition) is 1. The van der Waals surface area contributed by atoms with Crippen LogP contribution in [0, 0.1) is 0 Å². The van der Waals surface area contributed by atoms with Crippen molar-refractivity contribution in [3.05, 3.63) is 0 Å². The first-order valence-electron chi connectivity index (χ1n) is 4.10. The van der Waals surface area contributed by atoms with Crippen LogP contribution >= 0.6 is 0 Å². The molecule has 64 valence electrons. The smallest absolute Gasteiger partial charge is 0.234 e. The van der Waals surface area contributed by atoms with E-state index < -0.39 is 0 Å². The molecule has 0 heterocycles. The first-order valence-corrected chi connectivity index (χ1v) is 4.10. The zero-order valence-electron chi connectivity index (χ0n) is 7.10.